The Morgan fingerprint density at radius 2 is 1.97 bits per heavy atom. The third-order valence-corrected chi connectivity index (χ3v) is 5.32. The number of nitrogens with zero attached hydrogens (tertiary/aromatic N) is 4. The standard InChI is InChI=1S/C23H26ClN5/c1-4-8-18(9-5-2)27-23-26-15-17-14-20(19-10-6-7-11-21(19)24)16(3)29(13-12-25)22(17)28-23/h6-7,10-11,14-15,18H,3-5,8-9,13H2,1-2H3,(H,26,27,28). The Labute approximate surface area is 177 Å². The minimum atomic E-state index is 0.150. The van der Waals surface area contributed by atoms with E-state index in [1.165, 1.54) is 0 Å². The van der Waals surface area contributed by atoms with Crippen LogP contribution in [0.1, 0.15) is 50.7 Å². The van der Waals surface area contributed by atoms with E-state index in [9.17, 15) is 5.26 Å². The van der Waals surface area contributed by atoms with Crippen molar-refractivity contribution in [2.45, 2.75) is 45.6 Å². The van der Waals surface area contributed by atoms with Crippen molar-refractivity contribution in [3.63, 3.8) is 0 Å². The number of hydrogen-bond acceptors (Lipinski definition) is 5. The van der Waals surface area contributed by atoms with Crippen LogP contribution in [0.4, 0.5) is 11.8 Å². The molecule has 0 aliphatic carbocycles. The molecule has 0 spiro atoms. The van der Waals surface area contributed by atoms with Crippen molar-refractivity contribution in [1.82, 2.24) is 9.97 Å². The molecule has 1 aliphatic heterocycles. The van der Waals surface area contributed by atoms with Crippen LogP contribution in [0.3, 0.4) is 0 Å². The average Bonchev–Trinajstić information content (AvgIpc) is 2.71. The lowest BCUT2D eigenvalue weighted by Gasteiger charge is -2.31. The van der Waals surface area contributed by atoms with Gasteiger partial charge >= 0.3 is 0 Å². The summed E-state index contributed by atoms with van der Waals surface area (Å²) in [6, 6.07) is 10.2. The molecule has 1 aliphatic rings. The van der Waals surface area contributed by atoms with Gasteiger partial charge in [0.05, 0.1) is 6.07 Å². The van der Waals surface area contributed by atoms with Crippen LogP contribution in [0, 0.1) is 11.3 Å². The van der Waals surface area contributed by atoms with E-state index in [-0.39, 0.29) is 6.54 Å². The van der Waals surface area contributed by atoms with Gasteiger partial charge in [0.1, 0.15) is 12.4 Å². The van der Waals surface area contributed by atoms with Gasteiger partial charge in [0, 0.05) is 39.7 Å². The molecule has 3 rings (SSSR count). The summed E-state index contributed by atoms with van der Waals surface area (Å²) in [7, 11) is 0. The zero-order chi connectivity index (χ0) is 20.8. The van der Waals surface area contributed by atoms with Gasteiger partial charge in [-0.15, -0.1) is 0 Å². The van der Waals surface area contributed by atoms with E-state index >= 15 is 0 Å². The minimum Gasteiger partial charge on any atom is -0.351 e. The topological polar surface area (TPSA) is 64.8 Å². The fourth-order valence-corrected chi connectivity index (χ4v) is 3.84. The lowest BCUT2D eigenvalue weighted by atomic mass is 9.96. The predicted molar refractivity (Wildman–Crippen MR) is 121 cm³/mol. The molecule has 2 heterocycles. The highest BCUT2D eigenvalue weighted by molar-refractivity contribution is 6.33. The van der Waals surface area contributed by atoms with Crippen LogP contribution in [-0.2, 0) is 0 Å². The zero-order valence-electron chi connectivity index (χ0n) is 17.0. The van der Waals surface area contributed by atoms with Crippen LogP contribution < -0.4 is 10.2 Å². The van der Waals surface area contributed by atoms with Crippen LogP contribution in [0.2, 0.25) is 5.02 Å². The molecule has 6 heteroatoms. The molecule has 150 valence electrons. The number of fused-ring (bicyclic) bond motifs is 1. The lowest BCUT2D eigenvalue weighted by Crippen LogP contribution is -2.28. The van der Waals surface area contributed by atoms with Crippen molar-refractivity contribution in [2.75, 3.05) is 16.8 Å². The molecule has 0 unspecified atom stereocenters. The third kappa shape index (κ3) is 4.60. The van der Waals surface area contributed by atoms with E-state index < -0.39 is 0 Å². The number of rotatable bonds is 8. The second-order valence-corrected chi connectivity index (χ2v) is 7.53. The minimum absolute atomic E-state index is 0.150. The number of nitriles is 1. The third-order valence-electron chi connectivity index (χ3n) is 4.99. The highest BCUT2D eigenvalue weighted by Gasteiger charge is 2.26. The van der Waals surface area contributed by atoms with E-state index in [0.717, 1.165) is 42.4 Å². The van der Waals surface area contributed by atoms with Gasteiger partial charge in [-0.05, 0) is 25.0 Å². The first kappa shape index (κ1) is 20.9. The Kier molecular flexibility index (Phi) is 6.90. The van der Waals surface area contributed by atoms with Crippen LogP contribution in [0.15, 0.2) is 42.7 Å². The quantitative estimate of drug-likeness (QED) is 0.551. The lowest BCUT2D eigenvalue weighted by molar-refractivity contribution is 0.582. The summed E-state index contributed by atoms with van der Waals surface area (Å²) in [6.07, 6.45) is 8.13. The van der Waals surface area contributed by atoms with Gasteiger partial charge in [-0.25, -0.2) is 4.98 Å². The Morgan fingerprint density at radius 1 is 1.24 bits per heavy atom. The van der Waals surface area contributed by atoms with Crippen LogP contribution >= 0.6 is 11.6 Å². The SMILES string of the molecule is C=C1C(c2ccccc2Cl)=Cc2cnc(NC(CCC)CCC)nc2N1CC#N. The number of aromatic nitrogens is 2. The van der Waals surface area contributed by atoms with Gasteiger partial charge in [0.15, 0.2) is 0 Å². The van der Waals surface area contributed by atoms with Crippen molar-refractivity contribution in [3.8, 4) is 6.07 Å². The highest BCUT2D eigenvalue weighted by atomic mass is 35.5. The Hall–Kier alpha value is -2.84. The van der Waals surface area contributed by atoms with E-state index in [0.29, 0.717) is 28.5 Å². The smallest absolute Gasteiger partial charge is 0.224 e. The number of nitrogens with one attached hydrogen (secondary N) is 1. The Morgan fingerprint density at radius 3 is 2.62 bits per heavy atom. The van der Waals surface area contributed by atoms with Crippen LogP contribution in [0.25, 0.3) is 11.6 Å². The number of hydrogen-bond donors (Lipinski definition) is 1. The van der Waals surface area contributed by atoms with Gasteiger partial charge in [-0.3, -0.25) is 0 Å². The van der Waals surface area contributed by atoms with Crippen molar-refractivity contribution in [2.24, 2.45) is 0 Å². The first-order valence-corrected chi connectivity index (χ1v) is 10.4. The van der Waals surface area contributed by atoms with E-state index in [1.54, 1.807) is 6.20 Å². The molecule has 0 radical (unpaired) electrons. The maximum absolute atomic E-state index is 9.39. The molecule has 1 aromatic heterocycles. The molecular weight excluding hydrogens is 382 g/mol. The first-order valence-electron chi connectivity index (χ1n) is 10.0. The van der Waals surface area contributed by atoms with Crippen molar-refractivity contribution >= 4 is 35.0 Å². The first-order chi connectivity index (χ1) is 14.1. The molecule has 1 aromatic carbocycles. The molecule has 29 heavy (non-hydrogen) atoms. The monoisotopic (exact) mass is 407 g/mol. The molecule has 0 saturated carbocycles. The number of benzene rings is 1. The molecule has 0 fully saturated rings. The molecule has 2 aromatic rings. The number of anilines is 2. The highest BCUT2D eigenvalue weighted by Crippen LogP contribution is 2.39. The van der Waals surface area contributed by atoms with Gasteiger partial charge < -0.3 is 10.2 Å². The molecular formula is C23H26ClN5. The molecule has 0 bridgehead atoms. The van der Waals surface area contributed by atoms with Gasteiger partial charge in [-0.2, -0.15) is 10.2 Å². The number of halogens is 1. The zero-order valence-corrected chi connectivity index (χ0v) is 17.7. The normalized spacial score (nSPS) is 13.1. The summed E-state index contributed by atoms with van der Waals surface area (Å²) in [5, 5.41) is 13.5. The summed E-state index contributed by atoms with van der Waals surface area (Å²) < 4.78 is 0. The molecule has 0 saturated heterocycles. The summed E-state index contributed by atoms with van der Waals surface area (Å²) in [6.45, 7) is 8.74. The van der Waals surface area contributed by atoms with Gasteiger partial charge in [-0.1, -0.05) is 63.1 Å². The number of allylic oxidation sites excluding steroid dienone is 1. The van der Waals surface area contributed by atoms with Gasteiger partial charge in [0.25, 0.3) is 0 Å². The van der Waals surface area contributed by atoms with Crippen LogP contribution in [0.5, 0.6) is 0 Å². The summed E-state index contributed by atoms with van der Waals surface area (Å²) in [5.74, 6) is 1.28. The summed E-state index contributed by atoms with van der Waals surface area (Å²) >= 11 is 6.41. The van der Waals surface area contributed by atoms with Gasteiger partial charge in [0.2, 0.25) is 5.95 Å². The Balaban J connectivity index is 2.01. The van der Waals surface area contributed by atoms with E-state index in [2.05, 4.69) is 36.8 Å². The molecule has 1 N–H and O–H groups in total. The second kappa shape index (κ2) is 9.58. The molecule has 5 nitrogen and oxygen atoms in total. The molecule has 0 amide bonds. The fourth-order valence-electron chi connectivity index (χ4n) is 3.60. The maximum atomic E-state index is 9.39. The average molecular weight is 408 g/mol. The van der Waals surface area contributed by atoms with Crippen LogP contribution in [-0.4, -0.2) is 22.6 Å². The van der Waals surface area contributed by atoms with E-state index in [4.69, 9.17) is 16.6 Å². The Bertz CT molecular complexity index is 954. The largest absolute Gasteiger partial charge is 0.351 e. The van der Waals surface area contributed by atoms with Crippen molar-refractivity contribution in [1.29, 1.82) is 5.26 Å². The predicted octanol–water partition coefficient (Wildman–Crippen LogP) is 5.91. The molecule has 0 atom stereocenters. The van der Waals surface area contributed by atoms with Crippen molar-refractivity contribution in [3.05, 3.63) is 58.9 Å². The van der Waals surface area contributed by atoms with Crippen molar-refractivity contribution < 1.29 is 0 Å². The fraction of sp³-hybridized carbons (Fsp3) is 0.348. The summed E-state index contributed by atoms with van der Waals surface area (Å²) in [4.78, 5) is 11.1. The van der Waals surface area contributed by atoms with E-state index in [1.807, 2.05) is 35.2 Å². The summed E-state index contributed by atoms with van der Waals surface area (Å²) in [5.41, 5.74) is 3.30. The maximum Gasteiger partial charge on any atom is 0.224 e. The second-order valence-electron chi connectivity index (χ2n) is 7.12.